The van der Waals surface area contributed by atoms with Crippen molar-refractivity contribution in [2.75, 3.05) is 26.2 Å². The smallest absolute Gasteiger partial charge is 0.271 e. The van der Waals surface area contributed by atoms with Crippen molar-refractivity contribution in [3.8, 4) is 5.69 Å². The summed E-state index contributed by atoms with van der Waals surface area (Å²) in [6.45, 7) is 10.0. The highest BCUT2D eigenvalue weighted by Crippen LogP contribution is 2.28. The van der Waals surface area contributed by atoms with Crippen LogP contribution in [0.25, 0.3) is 5.69 Å². The number of hydrazone groups is 1. The normalized spacial score (nSPS) is 14.6. The molecule has 1 N–H and O–H groups in total. The molecule has 3 aromatic carbocycles. The van der Waals surface area contributed by atoms with Crippen LogP contribution in [0.1, 0.15) is 38.4 Å². The third-order valence-electron chi connectivity index (χ3n) is 7.33. The zero-order valence-corrected chi connectivity index (χ0v) is 24.3. The molecule has 4 aromatic rings. The van der Waals surface area contributed by atoms with Gasteiger partial charge in [0.15, 0.2) is 0 Å². The second-order valence-corrected chi connectivity index (χ2v) is 11.0. The molecule has 1 aliphatic rings. The van der Waals surface area contributed by atoms with Gasteiger partial charge in [0.2, 0.25) is 0 Å². The van der Waals surface area contributed by atoms with Crippen LogP contribution < -0.4 is 5.43 Å². The molecular weight excluding hydrogens is 541 g/mol. The number of carbonyl (C=O) groups excluding carboxylic acids is 1. The van der Waals surface area contributed by atoms with E-state index in [-0.39, 0.29) is 5.91 Å². The Hall–Kier alpha value is -3.42. The van der Waals surface area contributed by atoms with Gasteiger partial charge < -0.3 is 4.57 Å². The number of rotatable bonds is 8. The number of halogens is 2. The Kier molecular flexibility index (Phi) is 9.02. The zero-order valence-electron chi connectivity index (χ0n) is 22.8. The van der Waals surface area contributed by atoms with Crippen LogP contribution in [0.3, 0.4) is 0 Å². The van der Waals surface area contributed by atoms with Gasteiger partial charge >= 0.3 is 0 Å². The molecule has 1 aromatic heterocycles. The van der Waals surface area contributed by atoms with Crippen LogP contribution in [0.5, 0.6) is 0 Å². The lowest BCUT2D eigenvalue weighted by Crippen LogP contribution is -2.45. The average molecular weight is 575 g/mol. The highest BCUT2D eigenvalue weighted by Gasteiger charge is 2.17. The summed E-state index contributed by atoms with van der Waals surface area (Å²) in [6.07, 6.45) is 1.65. The van der Waals surface area contributed by atoms with Crippen LogP contribution in [-0.2, 0) is 13.1 Å². The van der Waals surface area contributed by atoms with Crippen molar-refractivity contribution >= 4 is 35.3 Å². The first-order chi connectivity index (χ1) is 19.4. The zero-order chi connectivity index (χ0) is 28.1. The van der Waals surface area contributed by atoms with E-state index in [1.54, 1.807) is 18.3 Å². The molecule has 0 saturated carbocycles. The summed E-state index contributed by atoms with van der Waals surface area (Å²) in [6, 6.07) is 25.8. The first-order valence-electron chi connectivity index (χ1n) is 13.4. The van der Waals surface area contributed by atoms with Gasteiger partial charge in [0, 0.05) is 66.8 Å². The van der Waals surface area contributed by atoms with E-state index in [1.165, 1.54) is 11.1 Å². The van der Waals surface area contributed by atoms with Crippen molar-refractivity contribution in [3.63, 3.8) is 0 Å². The highest BCUT2D eigenvalue weighted by molar-refractivity contribution is 6.34. The molecule has 0 bridgehead atoms. The Balaban J connectivity index is 1.13. The maximum Gasteiger partial charge on any atom is 0.271 e. The molecule has 0 radical (unpaired) electrons. The first-order valence-corrected chi connectivity index (χ1v) is 14.2. The summed E-state index contributed by atoms with van der Waals surface area (Å²) in [7, 11) is 0. The number of piperazine rings is 1. The van der Waals surface area contributed by atoms with E-state index in [0.717, 1.165) is 61.9 Å². The summed E-state index contributed by atoms with van der Waals surface area (Å²) in [5.41, 5.74) is 9.41. The maximum absolute atomic E-state index is 12.7. The molecule has 0 atom stereocenters. The first kappa shape index (κ1) is 28.1. The topological polar surface area (TPSA) is 52.9 Å². The van der Waals surface area contributed by atoms with E-state index >= 15 is 0 Å². The van der Waals surface area contributed by atoms with Crippen LogP contribution in [0.2, 0.25) is 10.0 Å². The average Bonchev–Trinajstić information content (AvgIpc) is 3.24. The second kappa shape index (κ2) is 12.8. The number of amides is 1. The third-order valence-corrected chi connectivity index (χ3v) is 7.88. The molecule has 206 valence electrons. The second-order valence-electron chi connectivity index (χ2n) is 10.2. The fourth-order valence-electron chi connectivity index (χ4n) is 5.14. The van der Waals surface area contributed by atoms with Crippen LogP contribution >= 0.6 is 23.2 Å². The van der Waals surface area contributed by atoms with Crippen molar-refractivity contribution in [2.45, 2.75) is 26.9 Å². The number of carbonyl (C=O) groups is 1. The number of nitrogens with one attached hydrogen (secondary N) is 1. The molecule has 6 nitrogen and oxygen atoms in total. The molecule has 1 saturated heterocycles. The molecule has 0 aliphatic carbocycles. The lowest BCUT2D eigenvalue weighted by atomic mass is 10.1. The predicted octanol–water partition coefficient (Wildman–Crippen LogP) is 6.48. The fraction of sp³-hybridized carbons (Fsp3) is 0.250. The molecule has 8 heteroatoms. The molecule has 0 unspecified atom stereocenters. The van der Waals surface area contributed by atoms with Gasteiger partial charge in [-0.05, 0) is 61.4 Å². The van der Waals surface area contributed by atoms with Crippen molar-refractivity contribution in [2.24, 2.45) is 5.10 Å². The monoisotopic (exact) mass is 573 g/mol. The summed E-state index contributed by atoms with van der Waals surface area (Å²) in [4.78, 5) is 17.7. The third kappa shape index (κ3) is 6.83. The molecule has 2 heterocycles. The Bertz CT molecular complexity index is 1490. The van der Waals surface area contributed by atoms with Gasteiger partial charge in [0.25, 0.3) is 5.91 Å². The van der Waals surface area contributed by atoms with E-state index in [2.05, 4.69) is 50.7 Å². The van der Waals surface area contributed by atoms with Crippen molar-refractivity contribution < 1.29 is 4.79 Å². The minimum atomic E-state index is -0.246. The SMILES string of the molecule is Cc1cc(/C=N/NC(=O)c2ccc(CN3CCN(Cc4ccccc4)CC3)cc2)c(C)n1-c1cc(Cl)ccc1Cl. The maximum atomic E-state index is 12.7. The Labute approximate surface area is 245 Å². The minimum Gasteiger partial charge on any atom is -0.316 e. The lowest BCUT2D eigenvalue weighted by Gasteiger charge is -2.34. The van der Waals surface area contributed by atoms with E-state index in [4.69, 9.17) is 23.2 Å². The van der Waals surface area contributed by atoms with Crippen LogP contribution in [-0.4, -0.2) is 52.7 Å². The number of aromatic nitrogens is 1. The summed E-state index contributed by atoms with van der Waals surface area (Å²) in [5.74, 6) is -0.246. The van der Waals surface area contributed by atoms with Crippen LogP contribution in [0, 0.1) is 13.8 Å². The highest BCUT2D eigenvalue weighted by atomic mass is 35.5. The number of benzene rings is 3. The Morgan fingerprint density at radius 1 is 0.850 bits per heavy atom. The van der Waals surface area contributed by atoms with Crippen molar-refractivity contribution in [3.05, 3.63) is 123 Å². The van der Waals surface area contributed by atoms with Crippen molar-refractivity contribution in [1.29, 1.82) is 0 Å². The van der Waals surface area contributed by atoms with Gasteiger partial charge in [0.1, 0.15) is 0 Å². The van der Waals surface area contributed by atoms with Gasteiger partial charge in [-0.15, -0.1) is 0 Å². The molecule has 0 spiro atoms. The fourth-order valence-corrected chi connectivity index (χ4v) is 5.51. The summed E-state index contributed by atoms with van der Waals surface area (Å²) in [5, 5.41) is 5.43. The number of hydrogen-bond acceptors (Lipinski definition) is 4. The van der Waals surface area contributed by atoms with E-state index in [1.807, 2.05) is 54.8 Å². The van der Waals surface area contributed by atoms with Gasteiger partial charge in [-0.25, -0.2) is 5.43 Å². The van der Waals surface area contributed by atoms with Gasteiger partial charge in [0.05, 0.1) is 16.9 Å². The molecule has 1 aliphatic heterocycles. The number of nitrogens with zero attached hydrogens (tertiary/aromatic N) is 4. The van der Waals surface area contributed by atoms with E-state index in [9.17, 15) is 4.79 Å². The van der Waals surface area contributed by atoms with Crippen LogP contribution in [0.4, 0.5) is 0 Å². The standard InChI is InChI=1S/C32H33Cl2N5O/c1-23-18-28(24(2)39(23)31-19-29(33)12-13-30(31)34)20-35-36-32(40)27-10-8-26(9-11-27)22-38-16-14-37(15-17-38)21-25-6-4-3-5-7-25/h3-13,18-20H,14-17,21-22H2,1-2H3,(H,36,40)/b35-20+. The largest absolute Gasteiger partial charge is 0.316 e. The molecule has 1 amide bonds. The van der Waals surface area contributed by atoms with E-state index < -0.39 is 0 Å². The van der Waals surface area contributed by atoms with Crippen LogP contribution in [0.15, 0.2) is 84.0 Å². The van der Waals surface area contributed by atoms with Gasteiger partial charge in [-0.1, -0.05) is 65.7 Å². The van der Waals surface area contributed by atoms with Gasteiger partial charge in [-0.2, -0.15) is 5.10 Å². The molecular formula is C32H33Cl2N5O. The lowest BCUT2D eigenvalue weighted by molar-refractivity contribution is 0.0955. The molecule has 40 heavy (non-hydrogen) atoms. The number of aryl methyl sites for hydroxylation is 1. The van der Waals surface area contributed by atoms with Gasteiger partial charge in [-0.3, -0.25) is 14.6 Å². The van der Waals surface area contributed by atoms with E-state index in [0.29, 0.717) is 15.6 Å². The Morgan fingerprint density at radius 3 is 2.12 bits per heavy atom. The predicted molar refractivity (Wildman–Crippen MR) is 164 cm³/mol. The summed E-state index contributed by atoms with van der Waals surface area (Å²) < 4.78 is 2.03. The molecule has 5 rings (SSSR count). The quantitative estimate of drug-likeness (QED) is 0.194. The molecule has 1 fully saturated rings. The van der Waals surface area contributed by atoms with Crippen molar-refractivity contribution in [1.82, 2.24) is 19.8 Å². The minimum absolute atomic E-state index is 0.246. The summed E-state index contributed by atoms with van der Waals surface area (Å²) >= 11 is 12.6. The number of hydrogen-bond donors (Lipinski definition) is 1. The Morgan fingerprint density at radius 2 is 1.48 bits per heavy atom.